The lowest BCUT2D eigenvalue weighted by Crippen LogP contribution is -2.44. The number of hydrogen-bond acceptors (Lipinski definition) is 2. The Balaban J connectivity index is 2.93. The van der Waals surface area contributed by atoms with Gasteiger partial charge in [-0.05, 0) is 41.4 Å². The second kappa shape index (κ2) is 6.67. The van der Waals surface area contributed by atoms with Crippen LogP contribution in [0.3, 0.4) is 0 Å². The maximum Gasteiger partial charge on any atom is 0.160 e. The molecule has 0 heterocycles. The number of rotatable bonds is 6. The monoisotopic (exact) mass is 326 g/mol. The van der Waals surface area contributed by atoms with Crippen LogP contribution < -0.4 is 0 Å². The van der Waals surface area contributed by atoms with Gasteiger partial charge in [-0.2, -0.15) is 0 Å². The van der Waals surface area contributed by atoms with Gasteiger partial charge in [0.1, 0.15) is 0 Å². The Hall–Kier alpha value is -0.0800. The summed E-state index contributed by atoms with van der Waals surface area (Å²) in [6.45, 7) is 22.7. The van der Waals surface area contributed by atoms with E-state index in [9.17, 15) is 5.11 Å². The van der Waals surface area contributed by atoms with Crippen molar-refractivity contribution in [2.24, 2.45) is 27.6 Å². The molecule has 1 rings (SSSR count). The Morgan fingerprint density at radius 3 is 1.91 bits per heavy atom. The molecule has 1 aliphatic carbocycles. The van der Waals surface area contributed by atoms with E-state index in [4.69, 9.17) is 4.74 Å². The zero-order valence-electron chi connectivity index (χ0n) is 17.4. The van der Waals surface area contributed by atoms with E-state index in [0.717, 1.165) is 19.3 Å². The average molecular weight is 327 g/mol. The predicted molar refractivity (Wildman–Crippen MR) is 99.3 cm³/mol. The molecule has 0 radical (unpaired) electrons. The summed E-state index contributed by atoms with van der Waals surface area (Å²) in [7, 11) is 0. The van der Waals surface area contributed by atoms with Crippen LogP contribution in [0.4, 0.5) is 0 Å². The summed E-state index contributed by atoms with van der Waals surface area (Å²) in [5, 5.41) is 10.9. The molecule has 23 heavy (non-hydrogen) atoms. The summed E-state index contributed by atoms with van der Waals surface area (Å²) in [5.41, 5.74) is 0.304. The van der Waals surface area contributed by atoms with E-state index < -0.39 is 6.29 Å². The third kappa shape index (κ3) is 4.12. The van der Waals surface area contributed by atoms with Crippen LogP contribution >= 0.6 is 0 Å². The zero-order chi connectivity index (χ0) is 18.3. The Morgan fingerprint density at radius 1 is 1.04 bits per heavy atom. The van der Waals surface area contributed by atoms with Gasteiger partial charge in [-0.15, -0.1) is 0 Å². The third-order valence-electron chi connectivity index (χ3n) is 7.11. The van der Waals surface area contributed by atoms with Crippen molar-refractivity contribution in [3.05, 3.63) is 0 Å². The van der Waals surface area contributed by atoms with Gasteiger partial charge in [0.05, 0.1) is 6.10 Å². The lowest BCUT2D eigenvalue weighted by molar-refractivity contribution is -0.225. The standard InChI is InChI=1S/C21H42O2/c1-11-15-13-16(20(8,9)19(15,6)7)23-17(22)21(10,12-2)14-18(3,4)5/h15-17,22H,11-14H2,1-10H3/t15-,16?,17?,21?/m1/s1. The molecule has 2 nitrogen and oxygen atoms in total. The SMILES string of the molecule is CC[C@@H]1CC(OC(O)C(C)(CC)CC(C)(C)C)C(C)(C)C1(C)C. The first-order valence-corrected chi connectivity index (χ1v) is 9.55. The molecule has 0 bridgehead atoms. The van der Waals surface area contributed by atoms with E-state index in [2.05, 4.69) is 69.2 Å². The molecule has 0 spiro atoms. The fourth-order valence-electron chi connectivity index (χ4n) is 4.61. The van der Waals surface area contributed by atoms with Crippen LogP contribution in [0.1, 0.15) is 94.9 Å². The van der Waals surface area contributed by atoms with Crippen molar-refractivity contribution < 1.29 is 9.84 Å². The van der Waals surface area contributed by atoms with E-state index >= 15 is 0 Å². The van der Waals surface area contributed by atoms with Gasteiger partial charge in [0.2, 0.25) is 0 Å². The summed E-state index contributed by atoms with van der Waals surface area (Å²) in [6.07, 6.45) is 3.57. The maximum atomic E-state index is 10.9. The molecule has 138 valence electrons. The molecule has 0 aromatic rings. The van der Waals surface area contributed by atoms with E-state index in [-0.39, 0.29) is 27.8 Å². The number of aliphatic hydroxyl groups excluding tert-OH is 1. The smallest absolute Gasteiger partial charge is 0.160 e. The number of hydrogen-bond donors (Lipinski definition) is 1. The molecule has 1 N–H and O–H groups in total. The molecule has 1 saturated carbocycles. The highest BCUT2D eigenvalue weighted by atomic mass is 16.6. The molecule has 0 amide bonds. The van der Waals surface area contributed by atoms with Crippen molar-refractivity contribution in [2.75, 3.05) is 0 Å². The molecule has 0 saturated heterocycles. The highest BCUT2D eigenvalue weighted by Gasteiger charge is 2.55. The lowest BCUT2D eigenvalue weighted by atomic mass is 9.66. The summed E-state index contributed by atoms with van der Waals surface area (Å²) < 4.78 is 6.35. The van der Waals surface area contributed by atoms with Crippen LogP contribution in [0, 0.1) is 27.6 Å². The fraction of sp³-hybridized carbons (Fsp3) is 1.00. The predicted octanol–water partition coefficient (Wildman–Crippen LogP) is 6.02. The summed E-state index contributed by atoms with van der Waals surface area (Å²) in [4.78, 5) is 0. The molecular weight excluding hydrogens is 284 g/mol. The Bertz CT molecular complexity index is 391. The molecule has 3 unspecified atom stereocenters. The van der Waals surface area contributed by atoms with Crippen LogP contribution in [0.25, 0.3) is 0 Å². The van der Waals surface area contributed by atoms with Crippen LogP contribution in [-0.4, -0.2) is 17.5 Å². The van der Waals surface area contributed by atoms with Crippen molar-refractivity contribution in [1.82, 2.24) is 0 Å². The van der Waals surface area contributed by atoms with Gasteiger partial charge in [0.15, 0.2) is 6.29 Å². The van der Waals surface area contributed by atoms with Gasteiger partial charge in [-0.25, -0.2) is 0 Å². The van der Waals surface area contributed by atoms with Crippen LogP contribution in [0.15, 0.2) is 0 Å². The van der Waals surface area contributed by atoms with Crippen molar-refractivity contribution in [3.8, 4) is 0 Å². The van der Waals surface area contributed by atoms with Crippen LogP contribution in [0.5, 0.6) is 0 Å². The van der Waals surface area contributed by atoms with Crippen molar-refractivity contribution in [2.45, 2.75) is 107 Å². The van der Waals surface area contributed by atoms with Crippen LogP contribution in [-0.2, 0) is 4.74 Å². The second-order valence-electron chi connectivity index (χ2n) is 10.5. The van der Waals surface area contributed by atoms with Crippen molar-refractivity contribution >= 4 is 0 Å². The summed E-state index contributed by atoms with van der Waals surface area (Å²) in [6, 6.07) is 0. The lowest BCUT2D eigenvalue weighted by Gasteiger charge is -2.44. The first kappa shape index (κ1) is 21.0. The molecule has 1 fully saturated rings. The molecule has 0 aromatic carbocycles. The first-order chi connectivity index (χ1) is 10.2. The van der Waals surface area contributed by atoms with E-state index in [0.29, 0.717) is 5.92 Å². The van der Waals surface area contributed by atoms with Crippen molar-refractivity contribution in [3.63, 3.8) is 0 Å². The van der Waals surface area contributed by atoms with Gasteiger partial charge in [0, 0.05) is 5.41 Å². The second-order valence-corrected chi connectivity index (χ2v) is 10.5. The quantitative estimate of drug-likeness (QED) is 0.604. The van der Waals surface area contributed by atoms with E-state index in [1.807, 2.05) is 0 Å². The molecule has 0 aliphatic heterocycles. The zero-order valence-corrected chi connectivity index (χ0v) is 17.4. The van der Waals surface area contributed by atoms with Crippen molar-refractivity contribution in [1.29, 1.82) is 0 Å². The van der Waals surface area contributed by atoms with Crippen LogP contribution in [0.2, 0.25) is 0 Å². The Morgan fingerprint density at radius 2 is 1.57 bits per heavy atom. The Kier molecular flexibility index (Phi) is 6.08. The number of aliphatic hydroxyl groups is 1. The van der Waals surface area contributed by atoms with Gasteiger partial charge < -0.3 is 9.84 Å². The molecule has 1 aliphatic rings. The topological polar surface area (TPSA) is 29.5 Å². The summed E-state index contributed by atoms with van der Waals surface area (Å²) in [5.74, 6) is 0.658. The molecule has 0 aromatic heterocycles. The molecule has 2 heteroatoms. The minimum absolute atomic E-state index is 0.0744. The maximum absolute atomic E-state index is 10.9. The van der Waals surface area contributed by atoms with E-state index in [1.54, 1.807) is 0 Å². The Labute approximate surface area is 145 Å². The van der Waals surface area contributed by atoms with E-state index in [1.165, 1.54) is 6.42 Å². The molecule has 4 atom stereocenters. The first-order valence-electron chi connectivity index (χ1n) is 9.55. The average Bonchev–Trinajstić information content (AvgIpc) is 2.55. The van der Waals surface area contributed by atoms with Gasteiger partial charge in [-0.3, -0.25) is 0 Å². The van der Waals surface area contributed by atoms with Gasteiger partial charge in [-0.1, -0.05) is 75.7 Å². The highest BCUT2D eigenvalue weighted by molar-refractivity contribution is 5.03. The van der Waals surface area contributed by atoms with Gasteiger partial charge in [0.25, 0.3) is 0 Å². The fourth-order valence-corrected chi connectivity index (χ4v) is 4.61. The minimum Gasteiger partial charge on any atom is -0.367 e. The number of ether oxygens (including phenoxy) is 1. The molecular formula is C21H42O2. The highest BCUT2D eigenvalue weighted by Crippen LogP contribution is 2.58. The largest absolute Gasteiger partial charge is 0.367 e. The third-order valence-corrected chi connectivity index (χ3v) is 7.11. The van der Waals surface area contributed by atoms with Gasteiger partial charge >= 0.3 is 0 Å². The minimum atomic E-state index is -0.692. The normalized spacial score (nSPS) is 30.9. The summed E-state index contributed by atoms with van der Waals surface area (Å²) >= 11 is 0.